The van der Waals surface area contributed by atoms with E-state index in [2.05, 4.69) is 31.2 Å². The van der Waals surface area contributed by atoms with Crippen molar-refractivity contribution in [2.75, 3.05) is 20.2 Å². The van der Waals surface area contributed by atoms with Gasteiger partial charge in [-0.05, 0) is 31.5 Å². The molecule has 1 heterocycles. The van der Waals surface area contributed by atoms with Gasteiger partial charge < -0.3 is 19.9 Å². The number of nitrogens with one attached hydrogen (secondary N) is 2. The fourth-order valence-electron chi connectivity index (χ4n) is 3.27. The summed E-state index contributed by atoms with van der Waals surface area (Å²) in [4.78, 5) is 8.74. The average Bonchev–Trinajstić information content (AvgIpc) is 3.07. The van der Waals surface area contributed by atoms with Gasteiger partial charge in [-0.15, -0.1) is 0 Å². The summed E-state index contributed by atoms with van der Waals surface area (Å²) in [7, 11) is 1.65. The third-order valence-electron chi connectivity index (χ3n) is 4.73. The molecule has 0 aliphatic rings. The molecule has 3 rings (SSSR count). The van der Waals surface area contributed by atoms with Crippen LogP contribution in [0.1, 0.15) is 17.8 Å². The minimum absolute atomic E-state index is 0.199. The lowest BCUT2D eigenvalue weighted by Gasteiger charge is -2.16. The number of imidazole rings is 1. The zero-order valence-electron chi connectivity index (χ0n) is 17.5. The highest BCUT2D eigenvalue weighted by atomic mass is 19.4. The Balaban J connectivity index is 1.49. The SMILES string of the molecule is CN=C(NCCCn1c(C)nc2ccccc21)NCc1ccccc1OCC(F)(F)F. The van der Waals surface area contributed by atoms with Crippen molar-refractivity contribution in [3.05, 3.63) is 59.9 Å². The van der Waals surface area contributed by atoms with Gasteiger partial charge in [0.15, 0.2) is 12.6 Å². The van der Waals surface area contributed by atoms with Crippen molar-refractivity contribution in [3.8, 4) is 5.75 Å². The van der Waals surface area contributed by atoms with Crippen LogP contribution in [0.4, 0.5) is 13.2 Å². The number of guanidine groups is 1. The van der Waals surface area contributed by atoms with Crippen LogP contribution in [-0.2, 0) is 13.1 Å². The van der Waals surface area contributed by atoms with Crippen LogP contribution in [0, 0.1) is 6.92 Å². The number of alkyl halides is 3. The van der Waals surface area contributed by atoms with Gasteiger partial charge in [-0.2, -0.15) is 13.2 Å². The standard InChI is InChI=1S/C22H26F3N5O/c1-16-29-18-9-4-5-10-19(18)30(16)13-7-12-27-21(26-2)28-14-17-8-3-6-11-20(17)31-15-22(23,24)25/h3-6,8-11H,7,12-15H2,1-2H3,(H2,26,27,28). The second-order valence-corrected chi connectivity index (χ2v) is 7.02. The Morgan fingerprint density at radius 2 is 1.84 bits per heavy atom. The number of hydrogen-bond acceptors (Lipinski definition) is 3. The van der Waals surface area contributed by atoms with Gasteiger partial charge >= 0.3 is 6.18 Å². The van der Waals surface area contributed by atoms with Gasteiger partial charge in [0.25, 0.3) is 0 Å². The van der Waals surface area contributed by atoms with Crippen molar-refractivity contribution < 1.29 is 17.9 Å². The van der Waals surface area contributed by atoms with Gasteiger partial charge in [0.2, 0.25) is 0 Å². The van der Waals surface area contributed by atoms with Crippen LogP contribution in [0.2, 0.25) is 0 Å². The largest absolute Gasteiger partial charge is 0.484 e. The lowest BCUT2D eigenvalue weighted by atomic mass is 10.2. The van der Waals surface area contributed by atoms with E-state index in [0.29, 0.717) is 24.6 Å². The Labute approximate surface area is 179 Å². The fraction of sp³-hybridized carbons (Fsp3) is 0.364. The minimum atomic E-state index is -4.38. The zero-order chi connectivity index (χ0) is 22.3. The van der Waals surface area contributed by atoms with Crippen molar-refractivity contribution in [2.24, 2.45) is 4.99 Å². The number of benzene rings is 2. The first-order valence-electron chi connectivity index (χ1n) is 10.0. The molecular weight excluding hydrogens is 407 g/mol. The summed E-state index contributed by atoms with van der Waals surface area (Å²) in [6.07, 6.45) is -3.52. The van der Waals surface area contributed by atoms with Crippen LogP contribution in [0.25, 0.3) is 11.0 Å². The molecule has 0 amide bonds. The number of ether oxygens (including phenoxy) is 1. The summed E-state index contributed by atoms with van der Waals surface area (Å²) in [5.41, 5.74) is 2.71. The molecule has 0 spiro atoms. The fourth-order valence-corrected chi connectivity index (χ4v) is 3.27. The third kappa shape index (κ3) is 6.37. The number of halogens is 3. The zero-order valence-corrected chi connectivity index (χ0v) is 17.5. The van der Waals surface area contributed by atoms with E-state index in [1.165, 1.54) is 6.07 Å². The van der Waals surface area contributed by atoms with Crippen LogP contribution < -0.4 is 15.4 Å². The maximum Gasteiger partial charge on any atom is 0.422 e. The van der Waals surface area contributed by atoms with Gasteiger partial charge in [0.05, 0.1) is 11.0 Å². The smallest absolute Gasteiger partial charge is 0.422 e. The molecule has 0 radical (unpaired) electrons. The first-order valence-corrected chi connectivity index (χ1v) is 10.0. The van der Waals surface area contributed by atoms with E-state index < -0.39 is 12.8 Å². The van der Waals surface area contributed by atoms with Gasteiger partial charge in [-0.1, -0.05) is 30.3 Å². The van der Waals surface area contributed by atoms with Crippen LogP contribution in [0.3, 0.4) is 0 Å². The quantitative estimate of drug-likeness (QED) is 0.320. The molecule has 0 aliphatic carbocycles. The van der Waals surface area contributed by atoms with E-state index in [1.54, 1.807) is 25.2 Å². The number of aryl methyl sites for hydroxylation is 2. The molecule has 0 bridgehead atoms. The van der Waals surface area contributed by atoms with Crippen LogP contribution in [0.5, 0.6) is 5.75 Å². The second kappa shape index (κ2) is 10.2. The Kier molecular flexibility index (Phi) is 7.38. The topological polar surface area (TPSA) is 63.5 Å². The van der Waals surface area contributed by atoms with Crippen LogP contribution in [-0.4, -0.2) is 41.9 Å². The van der Waals surface area contributed by atoms with Gasteiger partial charge in [-0.3, -0.25) is 4.99 Å². The molecule has 3 aromatic rings. The van der Waals surface area contributed by atoms with E-state index in [-0.39, 0.29) is 5.75 Å². The van der Waals surface area contributed by atoms with Crippen molar-refractivity contribution in [1.29, 1.82) is 0 Å². The summed E-state index contributed by atoms with van der Waals surface area (Å²) in [6, 6.07) is 14.7. The highest BCUT2D eigenvalue weighted by molar-refractivity contribution is 5.79. The first kappa shape index (κ1) is 22.5. The van der Waals surface area contributed by atoms with Crippen molar-refractivity contribution in [1.82, 2.24) is 20.2 Å². The lowest BCUT2D eigenvalue weighted by molar-refractivity contribution is -0.153. The Hall–Kier alpha value is -3.23. The monoisotopic (exact) mass is 433 g/mol. The highest BCUT2D eigenvalue weighted by Gasteiger charge is 2.28. The normalized spacial score (nSPS) is 12.2. The molecule has 0 unspecified atom stereocenters. The molecule has 2 N–H and O–H groups in total. The first-order chi connectivity index (χ1) is 14.9. The third-order valence-corrected chi connectivity index (χ3v) is 4.73. The Morgan fingerprint density at radius 3 is 2.61 bits per heavy atom. The van der Waals surface area contributed by atoms with E-state index >= 15 is 0 Å². The number of aliphatic imine (C=N–C) groups is 1. The number of fused-ring (bicyclic) bond motifs is 1. The summed E-state index contributed by atoms with van der Waals surface area (Å²) < 4.78 is 44.5. The molecule has 31 heavy (non-hydrogen) atoms. The number of hydrogen-bond donors (Lipinski definition) is 2. The Morgan fingerprint density at radius 1 is 1.10 bits per heavy atom. The average molecular weight is 433 g/mol. The molecule has 0 saturated carbocycles. The van der Waals surface area contributed by atoms with E-state index in [0.717, 1.165) is 29.8 Å². The van der Waals surface area contributed by atoms with E-state index in [9.17, 15) is 13.2 Å². The van der Waals surface area contributed by atoms with Gasteiger partial charge in [0, 0.05) is 32.2 Å². The molecule has 6 nitrogen and oxygen atoms in total. The minimum Gasteiger partial charge on any atom is -0.484 e. The molecule has 1 aromatic heterocycles. The summed E-state index contributed by atoms with van der Waals surface area (Å²) >= 11 is 0. The summed E-state index contributed by atoms with van der Waals surface area (Å²) in [5, 5.41) is 6.35. The molecule has 0 saturated heterocycles. The molecule has 2 aromatic carbocycles. The Bertz CT molecular complexity index is 1030. The van der Waals surface area contributed by atoms with Crippen LogP contribution >= 0.6 is 0 Å². The maximum atomic E-state index is 12.5. The predicted molar refractivity (Wildman–Crippen MR) is 115 cm³/mol. The highest BCUT2D eigenvalue weighted by Crippen LogP contribution is 2.22. The molecule has 9 heteroatoms. The van der Waals surface area contributed by atoms with Gasteiger partial charge in [0.1, 0.15) is 11.6 Å². The van der Waals surface area contributed by atoms with E-state index in [1.807, 2.05) is 25.1 Å². The molecule has 0 fully saturated rings. The molecule has 166 valence electrons. The van der Waals surface area contributed by atoms with Crippen molar-refractivity contribution in [3.63, 3.8) is 0 Å². The molecular formula is C22H26F3N5O. The lowest BCUT2D eigenvalue weighted by Crippen LogP contribution is -2.37. The summed E-state index contributed by atoms with van der Waals surface area (Å²) in [6.45, 7) is 2.45. The predicted octanol–water partition coefficient (Wildman–Crippen LogP) is 4.04. The number of aromatic nitrogens is 2. The van der Waals surface area contributed by atoms with Crippen molar-refractivity contribution >= 4 is 17.0 Å². The number of para-hydroxylation sites is 3. The number of rotatable bonds is 8. The molecule has 0 aliphatic heterocycles. The maximum absolute atomic E-state index is 12.5. The van der Waals surface area contributed by atoms with E-state index in [4.69, 9.17) is 4.74 Å². The summed E-state index contributed by atoms with van der Waals surface area (Å²) in [5.74, 6) is 1.74. The second-order valence-electron chi connectivity index (χ2n) is 7.02. The van der Waals surface area contributed by atoms with Crippen LogP contribution in [0.15, 0.2) is 53.5 Å². The van der Waals surface area contributed by atoms with Crippen molar-refractivity contribution in [2.45, 2.75) is 32.6 Å². The molecule has 0 atom stereocenters. The van der Waals surface area contributed by atoms with Gasteiger partial charge in [-0.25, -0.2) is 4.98 Å². The number of nitrogens with zero attached hydrogens (tertiary/aromatic N) is 3.